The molecule has 0 fully saturated rings. The van der Waals surface area contributed by atoms with E-state index in [2.05, 4.69) is 31.3 Å². The SMILES string of the molecule is COc1ccccc1CC(C)N[C@H](C)c1cccc(Cl)c1. The molecule has 3 heteroatoms. The van der Waals surface area contributed by atoms with Crippen LogP contribution in [0.25, 0.3) is 0 Å². The Balaban J connectivity index is 1.99. The fourth-order valence-corrected chi connectivity index (χ4v) is 2.76. The average Bonchev–Trinajstić information content (AvgIpc) is 2.47. The van der Waals surface area contributed by atoms with Crippen molar-refractivity contribution >= 4 is 11.6 Å². The van der Waals surface area contributed by atoms with E-state index in [-0.39, 0.29) is 6.04 Å². The first-order chi connectivity index (χ1) is 10.1. The highest BCUT2D eigenvalue weighted by Gasteiger charge is 2.12. The van der Waals surface area contributed by atoms with Gasteiger partial charge in [-0.2, -0.15) is 0 Å². The molecule has 0 aliphatic rings. The van der Waals surface area contributed by atoms with Crippen LogP contribution in [0.3, 0.4) is 0 Å². The van der Waals surface area contributed by atoms with Crippen molar-refractivity contribution in [3.05, 3.63) is 64.7 Å². The molecule has 21 heavy (non-hydrogen) atoms. The Labute approximate surface area is 132 Å². The van der Waals surface area contributed by atoms with Gasteiger partial charge >= 0.3 is 0 Å². The number of ether oxygens (including phenoxy) is 1. The van der Waals surface area contributed by atoms with E-state index < -0.39 is 0 Å². The van der Waals surface area contributed by atoms with Crippen molar-refractivity contribution in [1.82, 2.24) is 5.32 Å². The molecule has 2 aromatic rings. The van der Waals surface area contributed by atoms with Gasteiger partial charge in [0.15, 0.2) is 0 Å². The van der Waals surface area contributed by atoms with E-state index in [9.17, 15) is 0 Å². The van der Waals surface area contributed by atoms with Crippen LogP contribution in [0.4, 0.5) is 0 Å². The maximum absolute atomic E-state index is 6.05. The van der Waals surface area contributed by atoms with Crippen LogP contribution >= 0.6 is 11.6 Å². The van der Waals surface area contributed by atoms with Crippen molar-refractivity contribution in [3.8, 4) is 5.75 Å². The van der Waals surface area contributed by atoms with Gasteiger partial charge in [0.05, 0.1) is 7.11 Å². The van der Waals surface area contributed by atoms with E-state index >= 15 is 0 Å². The number of halogens is 1. The summed E-state index contributed by atoms with van der Waals surface area (Å²) in [5.41, 5.74) is 2.42. The summed E-state index contributed by atoms with van der Waals surface area (Å²) >= 11 is 6.05. The lowest BCUT2D eigenvalue weighted by atomic mass is 10.0. The van der Waals surface area contributed by atoms with E-state index in [1.165, 1.54) is 11.1 Å². The maximum atomic E-state index is 6.05. The minimum Gasteiger partial charge on any atom is -0.496 e. The van der Waals surface area contributed by atoms with Crippen LogP contribution in [0, 0.1) is 0 Å². The molecule has 0 saturated heterocycles. The second-order valence-electron chi connectivity index (χ2n) is 5.36. The monoisotopic (exact) mass is 303 g/mol. The summed E-state index contributed by atoms with van der Waals surface area (Å²) in [6.07, 6.45) is 0.926. The maximum Gasteiger partial charge on any atom is 0.122 e. The highest BCUT2D eigenvalue weighted by Crippen LogP contribution is 2.21. The van der Waals surface area contributed by atoms with Crippen LogP contribution in [0.2, 0.25) is 5.02 Å². The summed E-state index contributed by atoms with van der Waals surface area (Å²) < 4.78 is 5.41. The van der Waals surface area contributed by atoms with Gasteiger partial charge < -0.3 is 10.1 Å². The Morgan fingerprint density at radius 2 is 1.86 bits per heavy atom. The molecule has 0 aliphatic carbocycles. The summed E-state index contributed by atoms with van der Waals surface area (Å²) in [5.74, 6) is 0.946. The third kappa shape index (κ3) is 4.48. The fourth-order valence-electron chi connectivity index (χ4n) is 2.56. The molecule has 0 aromatic heterocycles. The lowest BCUT2D eigenvalue weighted by molar-refractivity contribution is 0.403. The first kappa shape index (κ1) is 15.9. The first-order valence-corrected chi connectivity index (χ1v) is 7.61. The Bertz CT molecular complexity index is 585. The van der Waals surface area contributed by atoms with Crippen LogP contribution in [-0.4, -0.2) is 13.2 Å². The number of para-hydroxylation sites is 1. The van der Waals surface area contributed by atoms with E-state index in [4.69, 9.17) is 16.3 Å². The Morgan fingerprint density at radius 3 is 2.57 bits per heavy atom. The molecule has 2 rings (SSSR count). The fraction of sp³-hybridized carbons (Fsp3) is 0.333. The molecule has 0 aliphatic heterocycles. The number of rotatable bonds is 6. The molecule has 0 saturated carbocycles. The molecule has 1 N–H and O–H groups in total. The first-order valence-electron chi connectivity index (χ1n) is 7.23. The molecule has 1 unspecified atom stereocenters. The van der Waals surface area contributed by atoms with Gasteiger partial charge in [-0.3, -0.25) is 0 Å². The summed E-state index contributed by atoms with van der Waals surface area (Å²) in [7, 11) is 1.71. The predicted molar refractivity (Wildman–Crippen MR) is 89.2 cm³/mol. The van der Waals surface area contributed by atoms with Crippen LogP contribution < -0.4 is 10.1 Å². The largest absolute Gasteiger partial charge is 0.496 e. The molecule has 0 spiro atoms. The van der Waals surface area contributed by atoms with Gasteiger partial charge in [-0.25, -0.2) is 0 Å². The number of hydrogen-bond acceptors (Lipinski definition) is 2. The van der Waals surface area contributed by atoms with Gasteiger partial charge in [-0.05, 0) is 49.6 Å². The summed E-state index contributed by atoms with van der Waals surface area (Å²) in [6.45, 7) is 4.35. The molecule has 2 atom stereocenters. The zero-order chi connectivity index (χ0) is 15.2. The van der Waals surface area contributed by atoms with Crippen molar-refractivity contribution in [2.45, 2.75) is 32.4 Å². The van der Waals surface area contributed by atoms with Crippen LogP contribution in [0.5, 0.6) is 5.75 Å². The van der Waals surface area contributed by atoms with Gasteiger partial charge in [0.25, 0.3) is 0 Å². The summed E-state index contributed by atoms with van der Waals surface area (Å²) in [6, 6.07) is 16.7. The standard InChI is InChI=1S/C18H22ClNO/c1-13(11-16-7-4-5-10-18(16)21-3)20-14(2)15-8-6-9-17(19)12-15/h4-10,12-14,20H,11H2,1-3H3/t13?,14-/m1/s1. The molecular formula is C18H22ClNO. The average molecular weight is 304 g/mol. The van der Waals surface area contributed by atoms with E-state index in [1.54, 1.807) is 7.11 Å². The summed E-state index contributed by atoms with van der Waals surface area (Å²) in [4.78, 5) is 0. The van der Waals surface area contributed by atoms with E-state index in [0.29, 0.717) is 6.04 Å². The van der Waals surface area contributed by atoms with Gasteiger partial charge in [0.1, 0.15) is 5.75 Å². The van der Waals surface area contributed by atoms with Crippen molar-refractivity contribution in [2.75, 3.05) is 7.11 Å². The number of hydrogen-bond donors (Lipinski definition) is 1. The Hall–Kier alpha value is -1.51. The topological polar surface area (TPSA) is 21.3 Å². The van der Waals surface area contributed by atoms with Crippen LogP contribution in [-0.2, 0) is 6.42 Å². The van der Waals surface area contributed by atoms with Crippen molar-refractivity contribution in [3.63, 3.8) is 0 Å². The Morgan fingerprint density at radius 1 is 1.10 bits per heavy atom. The minimum absolute atomic E-state index is 0.258. The molecule has 112 valence electrons. The van der Waals surface area contributed by atoms with Gasteiger partial charge in [0.2, 0.25) is 0 Å². The van der Waals surface area contributed by atoms with E-state index in [1.807, 2.05) is 36.4 Å². The minimum atomic E-state index is 0.258. The highest BCUT2D eigenvalue weighted by atomic mass is 35.5. The normalized spacial score (nSPS) is 13.7. The lowest BCUT2D eigenvalue weighted by Gasteiger charge is -2.21. The highest BCUT2D eigenvalue weighted by molar-refractivity contribution is 6.30. The van der Waals surface area contributed by atoms with Gasteiger partial charge in [-0.15, -0.1) is 0 Å². The molecule has 2 aromatic carbocycles. The third-order valence-corrected chi connectivity index (χ3v) is 3.84. The second-order valence-corrected chi connectivity index (χ2v) is 5.80. The molecule has 2 nitrogen and oxygen atoms in total. The van der Waals surface area contributed by atoms with Gasteiger partial charge in [0, 0.05) is 17.1 Å². The smallest absolute Gasteiger partial charge is 0.122 e. The molecule has 0 radical (unpaired) electrons. The van der Waals surface area contributed by atoms with Crippen LogP contribution in [0.15, 0.2) is 48.5 Å². The molecule has 0 amide bonds. The van der Waals surface area contributed by atoms with Crippen molar-refractivity contribution < 1.29 is 4.74 Å². The molecule has 0 heterocycles. The number of nitrogens with one attached hydrogen (secondary N) is 1. The molecular weight excluding hydrogens is 282 g/mol. The summed E-state index contributed by atoms with van der Waals surface area (Å²) in [5, 5.41) is 4.39. The van der Waals surface area contributed by atoms with Crippen molar-refractivity contribution in [2.24, 2.45) is 0 Å². The third-order valence-electron chi connectivity index (χ3n) is 3.60. The lowest BCUT2D eigenvalue weighted by Crippen LogP contribution is -2.30. The number of methoxy groups -OCH3 is 1. The van der Waals surface area contributed by atoms with Gasteiger partial charge in [-0.1, -0.05) is 41.9 Å². The van der Waals surface area contributed by atoms with Crippen LogP contribution in [0.1, 0.15) is 31.0 Å². The Kier molecular flexibility index (Phi) is 5.66. The van der Waals surface area contributed by atoms with Crippen molar-refractivity contribution in [1.29, 1.82) is 0 Å². The second kappa shape index (κ2) is 7.48. The zero-order valence-electron chi connectivity index (χ0n) is 12.8. The molecule has 0 bridgehead atoms. The zero-order valence-corrected chi connectivity index (χ0v) is 13.5. The quantitative estimate of drug-likeness (QED) is 0.840. The van der Waals surface area contributed by atoms with E-state index in [0.717, 1.165) is 17.2 Å². The predicted octanol–water partition coefficient (Wildman–Crippen LogP) is 4.63. The number of benzene rings is 2.